The van der Waals surface area contributed by atoms with Gasteiger partial charge in [-0.3, -0.25) is 0 Å². The second-order valence-corrected chi connectivity index (χ2v) is 6.97. The second-order valence-electron chi connectivity index (χ2n) is 6.54. The van der Waals surface area contributed by atoms with Crippen molar-refractivity contribution in [3.63, 3.8) is 0 Å². The summed E-state index contributed by atoms with van der Waals surface area (Å²) in [7, 11) is 1.54. The lowest BCUT2D eigenvalue weighted by Gasteiger charge is -2.33. The summed E-state index contributed by atoms with van der Waals surface area (Å²) in [5.74, 6) is 0.305. The zero-order valence-corrected chi connectivity index (χ0v) is 16.0. The Kier molecular flexibility index (Phi) is 5.96. The molecule has 142 valence electrons. The van der Waals surface area contributed by atoms with Crippen LogP contribution in [0.2, 0.25) is 5.02 Å². The van der Waals surface area contributed by atoms with E-state index in [-0.39, 0.29) is 17.8 Å². The van der Waals surface area contributed by atoms with Crippen molar-refractivity contribution in [2.75, 3.05) is 25.5 Å². The number of halogens is 2. The van der Waals surface area contributed by atoms with Gasteiger partial charge >= 0.3 is 6.03 Å². The van der Waals surface area contributed by atoms with Gasteiger partial charge in [-0.2, -0.15) is 0 Å². The van der Waals surface area contributed by atoms with Crippen LogP contribution in [0.1, 0.15) is 18.9 Å². The van der Waals surface area contributed by atoms with Crippen LogP contribution in [0.5, 0.6) is 5.88 Å². The van der Waals surface area contributed by atoms with Gasteiger partial charge in [-0.15, -0.1) is 0 Å². The van der Waals surface area contributed by atoms with E-state index in [1.807, 2.05) is 6.08 Å². The molecule has 1 saturated heterocycles. The number of pyridine rings is 1. The van der Waals surface area contributed by atoms with Crippen LogP contribution in [-0.4, -0.2) is 36.1 Å². The Bertz CT molecular complexity index is 835. The highest BCUT2D eigenvalue weighted by Crippen LogP contribution is 2.26. The molecular formula is C20H21ClFN3O2. The summed E-state index contributed by atoms with van der Waals surface area (Å²) in [6, 6.07) is 7.76. The first kappa shape index (κ1) is 19.2. The molecule has 1 fully saturated rings. The number of aromatic nitrogens is 1. The number of benzene rings is 1. The molecule has 2 aromatic rings. The monoisotopic (exact) mass is 389 g/mol. The summed E-state index contributed by atoms with van der Waals surface area (Å²) >= 11 is 5.92. The highest BCUT2D eigenvalue weighted by molar-refractivity contribution is 6.30. The van der Waals surface area contributed by atoms with E-state index in [2.05, 4.69) is 17.2 Å². The van der Waals surface area contributed by atoms with E-state index < -0.39 is 0 Å². The Labute approximate surface area is 162 Å². The molecule has 0 spiro atoms. The number of rotatable bonds is 3. The molecule has 7 heteroatoms. The van der Waals surface area contributed by atoms with Gasteiger partial charge < -0.3 is 15.0 Å². The number of hydrogen-bond donors (Lipinski definition) is 1. The van der Waals surface area contributed by atoms with Crippen LogP contribution < -0.4 is 10.1 Å². The highest BCUT2D eigenvalue weighted by atomic mass is 35.5. The number of piperidine rings is 1. The first-order valence-electron chi connectivity index (χ1n) is 8.67. The summed E-state index contributed by atoms with van der Waals surface area (Å²) in [5, 5.41) is 3.22. The van der Waals surface area contributed by atoms with Crippen molar-refractivity contribution >= 4 is 29.4 Å². The lowest BCUT2D eigenvalue weighted by molar-refractivity contribution is 0.198. The normalized spacial score (nSPS) is 18.4. The van der Waals surface area contributed by atoms with Gasteiger partial charge in [0.1, 0.15) is 5.82 Å². The van der Waals surface area contributed by atoms with Crippen LogP contribution in [0.4, 0.5) is 14.9 Å². The quantitative estimate of drug-likeness (QED) is 0.817. The number of nitrogens with zero attached hydrogens (tertiary/aromatic N) is 2. The number of anilines is 1. The summed E-state index contributed by atoms with van der Waals surface area (Å²) in [5.41, 5.74) is 2.53. The molecule has 2 amide bonds. The molecule has 0 bridgehead atoms. The summed E-state index contributed by atoms with van der Waals surface area (Å²) in [6.45, 7) is 3.24. The third-order valence-electron chi connectivity index (χ3n) is 4.52. The average Bonchev–Trinajstić information content (AvgIpc) is 2.63. The maximum atomic E-state index is 13.5. The van der Waals surface area contributed by atoms with Gasteiger partial charge in [-0.25, -0.2) is 14.2 Å². The smallest absolute Gasteiger partial charge is 0.321 e. The Morgan fingerprint density at radius 1 is 1.41 bits per heavy atom. The zero-order chi connectivity index (χ0) is 19.4. The number of hydrogen-bond acceptors (Lipinski definition) is 3. The van der Waals surface area contributed by atoms with E-state index >= 15 is 0 Å². The molecule has 2 heterocycles. The van der Waals surface area contributed by atoms with Crippen LogP contribution >= 0.6 is 11.6 Å². The van der Waals surface area contributed by atoms with Gasteiger partial charge in [-0.05, 0) is 42.2 Å². The topological polar surface area (TPSA) is 54.5 Å². The van der Waals surface area contributed by atoms with Crippen molar-refractivity contribution < 1.29 is 13.9 Å². The number of methoxy groups -OCH3 is 1. The molecule has 0 saturated carbocycles. The van der Waals surface area contributed by atoms with E-state index in [9.17, 15) is 9.18 Å². The van der Waals surface area contributed by atoms with Crippen LogP contribution in [0.25, 0.3) is 6.08 Å². The molecule has 1 aliphatic rings. The fraction of sp³-hybridized carbons (Fsp3) is 0.300. The third-order valence-corrected chi connectivity index (χ3v) is 4.74. The van der Waals surface area contributed by atoms with Crippen molar-refractivity contribution in [2.45, 2.75) is 13.3 Å². The number of amides is 2. The molecule has 1 aromatic heterocycles. The molecule has 1 aliphatic heterocycles. The van der Waals surface area contributed by atoms with Crippen LogP contribution in [0.15, 0.2) is 42.1 Å². The van der Waals surface area contributed by atoms with Gasteiger partial charge in [0.05, 0.1) is 19.0 Å². The standard InChI is InChI=1S/C20H21ClFN3O2/c1-13-12-25(20(26)24-18-3-4-19(27-2)23-11-18)6-5-15(13)7-14-8-16(21)10-17(22)9-14/h3-4,7-11,13H,5-6,12H2,1-2H3,(H,24,26). The minimum Gasteiger partial charge on any atom is -0.481 e. The highest BCUT2D eigenvalue weighted by Gasteiger charge is 2.24. The van der Waals surface area contributed by atoms with Crippen LogP contribution in [0, 0.1) is 11.7 Å². The molecule has 0 aliphatic carbocycles. The van der Waals surface area contributed by atoms with Crippen molar-refractivity contribution in [2.24, 2.45) is 5.92 Å². The fourth-order valence-corrected chi connectivity index (χ4v) is 3.33. The number of urea groups is 1. The van der Waals surface area contributed by atoms with Crippen molar-refractivity contribution in [1.82, 2.24) is 9.88 Å². The van der Waals surface area contributed by atoms with Crippen molar-refractivity contribution in [3.05, 3.63) is 58.5 Å². The van der Waals surface area contributed by atoms with E-state index in [1.54, 1.807) is 36.4 Å². The number of nitrogens with one attached hydrogen (secondary N) is 1. The Hall–Kier alpha value is -2.60. The molecule has 1 unspecified atom stereocenters. The first-order valence-corrected chi connectivity index (χ1v) is 9.05. The zero-order valence-electron chi connectivity index (χ0n) is 15.2. The molecule has 3 rings (SSSR count). The number of likely N-dealkylation sites (tertiary alicyclic amines) is 1. The number of carbonyl (C=O) groups excluding carboxylic acids is 1. The largest absolute Gasteiger partial charge is 0.481 e. The predicted molar refractivity (Wildman–Crippen MR) is 105 cm³/mol. The van der Waals surface area contributed by atoms with Crippen molar-refractivity contribution in [3.8, 4) is 5.88 Å². The lowest BCUT2D eigenvalue weighted by atomic mass is 9.91. The SMILES string of the molecule is COc1ccc(NC(=O)N2CCC(=Cc3cc(F)cc(Cl)c3)C(C)C2)cn1. The van der Waals surface area contributed by atoms with E-state index in [0.29, 0.717) is 29.7 Å². The van der Waals surface area contributed by atoms with E-state index in [1.165, 1.54) is 17.7 Å². The molecule has 0 radical (unpaired) electrons. The fourth-order valence-electron chi connectivity index (χ4n) is 3.10. The van der Waals surface area contributed by atoms with Crippen LogP contribution in [-0.2, 0) is 0 Å². The summed E-state index contributed by atoms with van der Waals surface area (Å²) < 4.78 is 18.5. The molecule has 1 atom stereocenters. The Morgan fingerprint density at radius 3 is 2.85 bits per heavy atom. The lowest BCUT2D eigenvalue weighted by Crippen LogP contribution is -2.42. The van der Waals surface area contributed by atoms with Gasteiger partial charge in [0.15, 0.2) is 0 Å². The molecule has 1 aromatic carbocycles. The summed E-state index contributed by atoms with van der Waals surface area (Å²) in [6.07, 6.45) is 4.25. The van der Waals surface area contributed by atoms with Gasteiger partial charge in [0.2, 0.25) is 5.88 Å². The minimum atomic E-state index is -0.355. The second kappa shape index (κ2) is 8.39. The minimum absolute atomic E-state index is 0.165. The van der Waals surface area contributed by atoms with Crippen molar-refractivity contribution in [1.29, 1.82) is 0 Å². The maximum absolute atomic E-state index is 13.5. The summed E-state index contributed by atoms with van der Waals surface area (Å²) in [4.78, 5) is 18.3. The molecular weight excluding hydrogens is 369 g/mol. The average molecular weight is 390 g/mol. The molecule has 5 nitrogen and oxygen atoms in total. The number of carbonyl (C=O) groups is 1. The molecule has 1 N–H and O–H groups in total. The van der Waals surface area contributed by atoms with Gasteiger partial charge in [-0.1, -0.05) is 30.2 Å². The van der Waals surface area contributed by atoms with E-state index in [4.69, 9.17) is 16.3 Å². The van der Waals surface area contributed by atoms with Gasteiger partial charge in [0, 0.05) is 24.2 Å². The number of ether oxygens (including phenoxy) is 1. The Balaban J connectivity index is 1.63. The van der Waals surface area contributed by atoms with Crippen LogP contribution in [0.3, 0.4) is 0 Å². The maximum Gasteiger partial charge on any atom is 0.321 e. The Morgan fingerprint density at radius 2 is 2.22 bits per heavy atom. The predicted octanol–water partition coefficient (Wildman–Crippen LogP) is 4.84. The van der Waals surface area contributed by atoms with E-state index in [0.717, 1.165) is 12.0 Å². The first-order chi connectivity index (χ1) is 12.9. The molecule has 27 heavy (non-hydrogen) atoms. The third kappa shape index (κ3) is 4.98. The van der Waals surface area contributed by atoms with Gasteiger partial charge in [0.25, 0.3) is 0 Å².